The van der Waals surface area contributed by atoms with Gasteiger partial charge in [0.25, 0.3) is 0 Å². The number of aromatic nitrogens is 1. The number of rotatable bonds is 8. The van der Waals surface area contributed by atoms with Crippen LogP contribution in [-0.4, -0.2) is 57.5 Å². The molecule has 0 aromatic carbocycles. The van der Waals surface area contributed by atoms with Gasteiger partial charge in [-0.15, -0.1) is 0 Å². The van der Waals surface area contributed by atoms with Gasteiger partial charge in [0.15, 0.2) is 5.82 Å². The molecule has 0 bridgehead atoms. The van der Waals surface area contributed by atoms with E-state index in [1.54, 1.807) is 14.2 Å². The van der Waals surface area contributed by atoms with E-state index in [0.717, 1.165) is 0 Å². The van der Waals surface area contributed by atoms with Crippen LogP contribution in [0.3, 0.4) is 0 Å². The van der Waals surface area contributed by atoms with Gasteiger partial charge in [0.1, 0.15) is 10.6 Å². The molecule has 0 radical (unpaired) electrons. The number of anilines is 2. The average Bonchev–Trinajstić information content (AvgIpc) is 2.80. The Bertz CT molecular complexity index is 438. The number of ether oxygens (including phenoxy) is 3. The maximum absolute atomic E-state index is 11.9. The zero-order valence-corrected chi connectivity index (χ0v) is 13.0. The van der Waals surface area contributed by atoms with Crippen molar-refractivity contribution in [2.75, 3.05) is 51.7 Å². The van der Waals surface area contributed by atoms with E-state index in [1.165, 1.54) is 18.6 Å². The molecule has 0 aliphatic rings. The van der Waals surface area contributed by atoms with Crippen molar-refractivity contribution in [2.24, 2.45) is 0 Å². The molecule has 0 saturated carbocycles. The summed E-state index contributed by atoms with van der Waals surface area (Å²) in [6.07, 6.45) is 0. The van der Waals surface area contributed by atoms with Crippen LogP contribution in [0.4, 0.5) is 10.8 Å². The molecule has 1 atom stereocenters. The molecule has 114 valence electrons. The first-order valence-corrected chi connectivity index (χ1v) is 6.92. The molecule has 1 aromatic rings. The lowest BCUT2D eigenvalue weighted by Gasteiger charge is -2.29. The fraction of sp³-hybridized carbons (Fsp3) is 0.667. The molecule has 1 aromatic heterocycles. The SMILES string of the molecule is COCCN(c1snc(N)c1C(=O)OC)C(C)COC. The van der Waals surface area contributed by atoms with Gasteiger partial charge < -0.3 is 24.8 Å². The monoisotopic (exact) mass is 303 g/mol. The molecule has 0 aliphatic heterocycles. The molecule has 20 heavy (non-hydrogen) atoms. The van der Waals surface area contributed by atoms with Crippen molar-refractivity contribution >= 4 is 28.3 Å². The molecule has 7 nitrogen and oxygen atoms in total. The van der Waals surface area contributed by atoms with Gasteiger partial charge in [0.2, 0.25) is 0 Å². The maximum Gasteiger partial charge on any atom is 0.344 e. The molecule has 0 fully saturated rings. The van der Waals surface area contributed by atoms with Gasteiger partial charge in [-0.1, -0.05) is 0 Å². The Morgan fingerprint density at radius 1 is 1.40 bits per heavy atom. The van der Waals surface area contributed by atoms with Crippen LogP contribution in [0.25, 0.3) is 0 Å². The van der Waals surface area contributed by atoms with Crippen LogP contribution < -0.4 is 10.6 Å². The number of nitrogens with zero attached hydrogens (tertiary/aromatic N) is 2. The van der Waals surface area contributed by atoms with Gasteiger partial charge in [-0.05, 0) is 18.5 Å². The summed E-state index contributed by atoms with van der Waals surface area (Å²) < 4.78 is 19.1. The van der Waals surface area contributed by atoms with Crippen LogP contribution in [-0.2, 0) is 14.2 Å². The van der Waals surface area contributed by atoms with E-state index < -0.39 is 5.97 Å². The molecule has 0 saturated heterocycles. The molecule has 1 rings (SSSR count). The largest absolute Gasteiger partial charge is 0.465 e. The number of esters is 1. The van der Waals surface area contributed by atoms with E-state index in [1.807, 2.05) is 11.8 Å². The third kappa shape index (κ3) is 3.81. The maximum atomic E-state index is 11.9. The standard InChI is InChI=1S/C12H21N3O4S/c1-8(7-18-3)15(5-6-17-2)11-9(12(16)19-4)10(13)14-20-11/h8H,5-7H2,1-4H3,(H2,13,14). The minimum atomic E-state index is -0.488. The minimum Gasteiger partial charge on any atom is -0.465 e. The second-order valence-electron chi connectivity index (χ2n) is 4.23. The van der Waals surface area contributed by atoms with Crippen LogP contribution in [0, 0.1) is 0 Å². The summed E-state index contributed by atoms with van der Waals surface area (Å²) in [5, 5.41) is 0.677. The predicted molar refractivity (Wildman–Crippen MR) is 78.4 cm³/mol. The number of nitrogen functional groups attached to an aromatic ring is 1. The summed E-state index contributed by atoms with van der Waals surface area (Å²) in [6.45, 7) is 3.64. The Hall–Kier alpha value is -1.38. The lowest BCUT2D eigenvalue weighted by Crippen LogP contribution is -2.39. The normalized spacial score (nSPS) is 12.2. The minimum absolute atomic E-state index is 0.0541. The zero-order valence-electron chi connectivity index (χ0n) is 12.2. The lowest BCUT2D eigenvalue weighted by atomic mass is 10.2. The fourth-order valence-electron chi connectivity index (χ4n) is 1.83. The van der Waals surface area contributed by atoms with Gasteiger partial charge in [0, 0.05) is 20.8 Å². The van der Waals surface area contributed by atoms with Crippen LogP contribution in [0.15, 0.2) is 0 Å². The van der Waals surface area contributed by atoms with Gasteiger partial charge in [-0.2, -0.15) is 4.37 Å². The van der Waals surface area contributed by atoms with Crippen LogP contribution in [0.5, 0.6) is 0 Å². The molecule has 2 N–H and O–H groups in total. The van der Waals surface area contributed by atoms with Crippen molar-refractivity contribution in [3.05, 3.63) is 5.56 Å². The third-order valence-corrected chi connectivity index (χ3v) is 3.73. The second-order valence-corrected chi connectivity index (χ2v) is 4.98. The fourth-order valence-corrected chi connectivity index (χ4v) is 2.76. The Kier molecular flexibility index (Phi) is 6.69. The highest BCUT2D eigenvalue weighted by Crippen LogP contribution is 2.32. The van der Waals surface area contributed by atoms with Crippen molar-refractivity contribution in [1.29, 1.82) is 0 Å². The quantitative estimate of drug-likeness (QED) is 0.717. The molecule has 0 amide bonds. The van der Waals surface area contributed by atoms with E-state index in [-0.39, 0.29) is 11.9 Å². The molecular formula is C12H21N3O4S. The molecular weight excluding hydrogens is 282 g/mol. The number of hydrogen-bond donors (Lipinski definition) is 1. The smallest absolute Gasteiger partial charge is 0.344 e. The van der Waals surface area contributed by atoms with Crippen LogP contribution in [0.2, 0.25) is 0 Å². The highest BCUT2D eigenvalue weighted by molar-refractivity contribution is 7.11. The average molecular weight is 303 g/mol. The molecule has 0 aliphatic carbocycles. The van der Waals surface area contributed by atoms with Crippen molar-refractivity contribution in [1.82, 2.24) is 4.37 Å². The lowest BCUT2D eigenvalue weighted by molar-refractivity contribution is 0.0602. The van der Waals surface area contributed by atoms with E-state index in [9.17, 15) is 4.79 Å². The van der Waals surface area contributed by atoms with Crippen molar-refractivity contribution in [3.8, 4) is 0 Å². The van der Waals surface area contributed by atoms with E-state index >= 15 is 0 Å². The summed E-state index contributed by atoms with van der Waals surface area (Å²) in [7, 11) is 4.58. The van der Waals surface area contributed by atoms with E-state index in [2.05, 4.69) is 4.37 Å². The van der Waals surface area contributed by atoms with Gasteiger partial charge in [0.05, 0.1) is 26.4 Å². The van der Waals surface area contributed by atoms with E-state index in [0.29, 0.717) is 30.3 Å². The summed E-state index contributed by atoms with van der Waals surface area (Å²) >= 11 is 1.17. The Balaban J connectivity index is 3.09. The highest BCUT2D eigenvalue weighted by Gasteiger charge is 2.26. The Labute approximate surface area is 122 Å². The summed E-state index contributed by atoms with van der Waals surface area (Å²) in [5.74, 6) is -0.304. The van der Waals surface area contributed by atoms with Gasteiger partial charge in [-0.25, -0.2) is 4.79 Å². The van der Waals surface area contributed by atoms with Crippen molar-refractivity contribution in [3.63, 3.8) is 0 Å². The summed E-state index contributed by atoms with van der Waals surface area (Å²) in [6, 6.07) is 0.0541. The second kappa shape index (κ2) is 8.03. The highest BCUT2D eigenvalue weighted by atomic mass is 32.1. The van der Waals surface area contributed by atoms with Crippen molar-refractivity contribution < 1.29 is 19.0 Å². The Morgan fingerprint density at radius 3 is 2.65 bits per heavy atom. The zero-order chi connectivity index (χ0) is 15.1. The number of methoxy groups -OCH3 is 3. The van der Waals surface area contributed by atoms with Crippen LogP contribution >= 0.6 is 11.5 Å². The molecule has 1 unspecified atom stereocenters. The third-order valence-electron chi connectivity index (χ3n) is 2.83. The molecule has 1 heterocycles. The first kappa shape index (κ1) is 16.7. The van der Waals surface area contributed by atoms with Crippen LogP contribution in [0.1, 0.15) is 17.3 Å². The number of carbonyl (C=O) groups excluding carboxylic acids is 1. The number of nitrogens with two attached hydrogens (primary N) is 1. The molecule has 0 spiro atoms. The first-order chi connectivity index (χ1) is 9.56. The summed E-state index contributed by atoms with van der Waals surface area (Å²) in [4.78, 5) is 13.8. The predicted octanol–water partition coefficient (Wildman–Crippen LogP) is 1.000. The summed E-state index contributed by atoms with van der Waals surface area (Å²) in [5.41, 5.74) is 6.07. The molecule has 8 heteroatoms. The van der Waals surface area contributed by atoms with Crippen molar-refractivity contribution in [2.45, 2.75) is 13.0 Å². The first-order valence-electron chi connectivity index (χ1n) is 6.14. The Morgan fingerprint density at radius 2 is 2.10 bits per heavy atom. The van der Waals surface area contributed by atoms with Gasteiger partial charge in [-0.3, -0.25) is 0 Å². The number of hydrogen-bond acceptors (Lipinski definition) is 8. The van der Waals surface area contributed by atoms with E-state index in [4.69, 9.17) is 19.9 Å². The number of carbonyl (C=O) groups is 1. The topological polar surface area (TPSA) is 86.9 Å². The van der Waals surface area contributed by atoms with Gasteiger partial charge >= 0.3 is 5.97 Å².